The Morgan fingerprint density at radius 2 is 2.00 bits per heavy atom. The van der Waals surface area contributed by atoms with Crippen molar-refractivity contribution in [2.75, 3.05) is 7.05 Å². The van der Waals surface area contributed by atoms with Gasteiger partial charge in [-0.2, -0.15) is 13.2 Å². The van der Waals surface area contributed by atoms with Gasteiger partial charge < -0.3 is 0 Å². The zero-order valence-electron chi connectivity index (χ0n) is 6.44. The van der Waals surface area contributed by atoms with Gasteiger partial charge in [0.2, 0.25) is 0 Å². The SMILES string of the molecule is CCC=CC(=NC)C(F)(F)F. The van der Waals surface area contributed by atoms with Gasteiger partial charge in [-0.05, 0) is 12.5 Å². The summed E-state index contributed by atoms with van der Waals surface area (Å²) >= 11 is 0. The van der Waals surface area contributed by atoms with Gasteiger partial charge >= 0.3 is 6.18 Å². The third-order valence-corrected chi connectivity index (χ3v) is 1.04. The Kier molecular flexibility index (Phi) is 3.85. The molecule has 0 unspecified atom stereocenters. The van der Waals surface area contributed by atoms with Gasteiger partial charge in [0, 0.05) is 7.05 Å². The lowest BCUT2D eigenvalue weighted by Crippen LogP contribution is -2.20. The lowest BCUT2D eigenvalue weighted by atomic mass is 10.3. The van der Waals surface area contributed by atoms with Crippen LogP contribution in [-0.2, 0) is 0 Å². The molecule has 0 rings (SSSR count). The topological polar surface area (TPSA) is 12.4 Å². The van der Waals surface area contributed by atoms with E-state index in [1.807, 2.05) is 0 Å². The molecule has 0 saturated carbocycles. The molecule has 0 heterocycles. The summed E-state index contributed by atoms with van der Waals surface area (Å²) in [5.41, 5.74) is -0.834. The first-order valence-corrected chi connectivity index (χ1v) is 3.23. The molecule has 0 aliphatic heterocycles. The van der Waals surface area contributed by atoms with Gasteiger partial charge in [0.15, 0.2) is 0 Å². The van der Waals surface area contributed by atoms with E-state index in [4.69, 9.17) is 0 Å². The monoisotopic (exact) mass is 165 g/mol. The highest BCUT2D eigenvalue weighted by Gasteiger charge is 2.32. The number of nitrogens with zero attached hydrogens (tertiary/aromatic N) is 1. The summed E-state index contributed by atoms with van der Waals surface area (Å²) in [4.78, 5) is 3.10. The van der Waals surface area contributed by atoms with Crippen LogP contribution in [0.25, 0.3) is 0 Å². The molecule has 1 nitrogen and oxygen atoms in total. The average molecular weight is 165 g/mol. The Bertz CT molecular complexity index is 167. The van der Waals surface area contributed by atoms with E-state index in [9.17, 15) is 13.2 Å². The minimum absolute atomic E-state index is 0.578. The number of hydrogen-bond acceptors (Lipinski definition) is 1. The van der Waals surface area contributed by atoms with Gasteiger partial charge in [-0.1, -0.05) is 13.0 Å². The average Bonchev–Trinajstić information content (AvgIpc) is 1.87. The highest BCUT2D eigenvalue weighted by Crippen LogP contribution is 2.17. The van der Waals surface area contributed by atoms with Crippen molar-refractivity contribution >= 4 is 5.71 Å². The van der Waals surface area contributed by atoms with Crippen LogP contribution >= 0.6 is 0 Å². The highest BCUT2D eigenvalue weighted by atomic mass is 19.4. The van der Waals surface area contributed by atoms with Crippen LogP contribution in [0.1, 0.15) is 13.3 Å². The van der Waals surface area contributed by atoms with Crippen molar-refractivity contribution in [2.24, 2.45) is 4.99 Å². The lowest BCUT2D eigenvalue weighted by Gasteiger charge is -2.03. The van der Waals surface area contributed by atoms with Crippen LogP contribution in [0.5, 0.6) is 0 Å². The second-order valence-corrected chi connectivity index (χ2v) is 1.92. The number of alkyl halides is 3. The van der Waals surface area contributed by atoms with E-state index >= 15 is 0 Å². The van der Waals surface area contributed by atoms with Crippen molar-refractivity contribution in [2.45, 2.75) is 19.5 Å². The maximum atomic E-state index is 11.9. The molecule has 0 amide bonds. The van der Waals surface area contributed by atoms with Crippen LogP contribution in [-0.4, -0.2) is 18.9 Å². The predicted molar refractivity (Wildman–Crippen MR) is 38.8 cm³/mol. The molecule has 11 heavy (non-hydrogen) atoms. The number of allylic oxidation sites excluding steroid dienone is 2. The van der Waals surface area contributed by atoms with E-state index in [-0.39, 0.29) is 0 Å². The van der Waals surface area contributed by atoms with Crippen molar-refractivity contribution in [1.82, 2.24) is 0 Å². The zero-order valence-corrected chi connectivity index (χ0v) is 6.44. The highest BCUT2D eigenvalue weighted by molar-refractivity contribution is 5.99. The van der Waals surface area contributed by atoms with Crippen LogP contribution in [0.3, 0.4) is 0 Å². The number of aliphatic imine (C=N–C) groups is 1. The molecule has 0 aromatic carbocycles. The van der Waals surface area contributed by atoms with E-state index in [2.05, 4.69) is 4.99 Å². The summed E-state index contributed by atoms with van der Waals surface area (Å²) in [6.45, 7) is 1.76. The minimum Gasteiger partial charge on any atom is -0.284 e. The molecule has 0 aliphatic carbocycles. The molecular weight excluding hydrogens is 155 g/mol. The molecule has 0 atom stereocenters. The van der Waals surface area contributed by atoms with Gasteiger partial charge in [0.05, 0.1) is 0 Å². The van der Waals surface area contributed by atoms with Gasteiger partial charge in [0.1, 0.15) is 5.71 Å². The standard InChI is InChI=1S/C7H10F3N/c1-3-4-5-6(11-2)7(8,9)10/h4-5H,3H2,1-2H3. The maximum absolute atomic E-state index is 11.9. The van der Waals surface area contributed by atoms with E-state index < -0.39 is 11.9 Å². The first kappa shape index (κ1) is 10.2. The van der Waals surface area contributed by atoms with E-state index in [1.54, 1.807) is 6.92 Å². The Morgan fingerprint density at radius 1 is 1.45 bits per heavy atom. The Morgan fingerprint density at radius 3 is 2.27 bits per heavy atom. The number of halogens is 3. The van der Waals surface area contributed by atoms with Crippen LogP contribution < -0.4 is 0 Å². The molecule has 64 valence electrons. The van der Waals surface area contributed by atoms with Crippen LogP contribution in [0.2, 0.25) is 0 Å². The summed E-state index contributed by atoms with van der Waals surface area (Å²) in [5.74, 6) is 0. The molecule has 0 fully saturated rings. The van der Waals surface area contributed by atoms with Crippen molar-refractivity contribution in [1.29, 1.82) is 0 Å². The normalized spacial score (nSPS) is 14.5. The van der Waals surface area contributed by atoms with Gasteiger partial charge in [-0.3, -0.25) is 4.99 Å². The first-order valence-electron chi connectivity index (χ1n) is 3.23. The molecule has 0 saturated heterocycles. The lowest BCUT2D eigenvalue weighted by molar-refractivity contribution is -0.0577. The Hall–Kier alpha value is -0.800. The van der Waals surface area contributed by atoms with Gasteiger partial charge in [0.25, 0.3) is 0 Å². The third kappa shape index (κ3) is 3.80. The minimum atomic E-state index is -4.32. The molecule has 0 radical (unpaired) electrons. The Balaban J connectivity index is 4.33. The van der Waals surface area contributed by atoms with Crippen LogP contribution in [0.4, 0.5) is 13.2 Å². The summed E-state index contributed by atoms with van der Waals surface area (Å²) < 4.78 is 35.6. The van der Waals surface area contributed by atoms with Crippen molar-refractivity contribution in [3.8, 4) is 0 Å². The van der Waals surface area contributed by atoms with E-state index in [1.165, 1.54) is 6.08 Å². The molecule has 0 N–H and O–H groups in total. The van der Waals surface area contributed by atoms with Crippen LogP contribution in [0, 0.1) is 0 Å². The molecule has 4 heteroatoms. The van der Waals surface area contributed by atoms with Crippen molar-refractivity contribution in [3.05, 3.63) is 12.2 Å². The van der Waals surface area contributed by atoms with Crippen LogP contribution in [0.15, 0.2) is 17.1 Å². The second-order valence-electron chi connectivity index (χ2n) is 1.92. The summed E-state index contributed by atoms with van der Waals surface area (Å²) in [6.07, 6.45) is -1.33. The maximum Gasteiger partial charge on any atom is 0.432 e. The van der Waals surface area contributed by atoms with Crippen molar-refractivity contribution in [3.63, 3.8) is 0 Å². The molecular formula is C7H10F3N. The van der Waals surface area contributed by atoms with Gasteiger partial charge in [-0.25, -0.2) is 0 Å². The quantitative estimate of drug-likeness (QED) is 0.557. The molecule has 0 spiro atoms. The van der Waals surface area contributed by atoms with E-state index in [0.717, 1.165) is 13.1 Å². The third-order valence-electron chi connectivity index (χ3n) is 1.04. The molecule has 0 aromatic heterocycles. The Labute approximate surface area is 63.6 Å². The number of hydrogen-bond donors (Lipinski definition) is 0. The van der Waals surface area contributed by atoms with Gasteiger partial charge in [-0.15, -0.1) is 0 Å². The second kappa shape index (κ2) is 4.16. The molecule has 0 aliphatic rings. The summed E-state index contributed by atoms with van der Waals surface area (Å²) in [6, 6.07) is 0. The fourth-order valence-electron chi connectivity index (χ4n) is 0.525. The summed E-state index contributed by atoms with van der Waals surface area (Å²) in [7, 11) is 1.13. The zero-order chi connectivity index (χ0) is 8.91. The predicted octanol–water partition coefficient (Wildman–Crippen LogP) is 2.59. The fraction of sp³-hybridized carbons (Fsp3) is 0.571. The smallest absolute Gasteiger partial charge is 0.284 e. The first-order chi connectivity index (χ1) is 5.02. The van der Waals surface area contributed by atoms with Crippen molar-refractivity contribution < 1.29 is 13.2 Å². The number of rotatable bonds is 2. The molecule has 0 bridgehead atoms. The van der Waals surface area contributed by atoms with E-state index in [0.29, 0.717) is 6.42 Å². The fourth-order valence-corrected chi connectivity index (χ4v) is 0.525. The largest absolute Gasteiger partial charge is 0.432 e. The summed E-state index contributed by atoms with van der Waals surface area (Å²) in [5, 5.41) is 0. The molecule has 0 aromatic rings.